The lowest BCUT2D eigenvalue weighted by atomic mass is 10.2. The number of hydrogen-bond donors (Lipinski definition) is 2. The first kappa shape index (κ1) is 31.9. The molecule has 0 amide bonds. The molecule has 39 heavy (non-hydrogen) atoms. The molecule has 1 aliphatic rings. The number of aliphatic hydroxyl groups excluding tert-OH is 2. The number of benzene rings is 2. The third-order valence-corrected chi connectivity index (χ3v) is 9.33. The van der Waals surface area contributed by atoms with Crippen molar-refractivity contribution in [1.29, 1.82) is 0 Å². The molecule has 3 rings (SSSR count). The molecular formula is C30H49N4O4P. The Morgan fingerprint density at radius 2 is 1.18 bits per heavy atom. The Balaban J connectivity index is 1.77. The molecule has 2 aromatic carbocycles. The predicted molar refractivity (Wildman–Crippen MR) is 159 cm³/mol. The minimum atomic E-state index is -3.04. The highest BCUT2D eigenvalue weighted by atomic mass is 31.2. The average Bonchev–Trinajstić information content (AvgIpc) is 2.96. The van der Waals surface area contributed by atoms with Crippen LogP contribution in [0.3, 0.4) is 0 Å². The molecule has 1 saturated heterocycles. The Bertz CT molecular complexity index is 916. The number of β-amino-alcohol motifs (C(OH)–C–C–N with tert-alkyl or cyclic N) is 2. The molecule has 0 bridgehead atoms. The highest BCUT2D eigenvalue weighted by Gasteiger charge is 2.30. The van der Waals surface area contributed by atoms with E-state index in [1.165, 1.54) is 11.1 Å². The minimum Gasteiger partial charge on any atom is -0.392 e. The van der Waals surface area contributed by atoms with Crippen LogP contribution >= 0.6 is 7.37 Å². The van der Waals surface area contributed by atoms with Crippen molar-refractivity contribution in [2.75, 3.05) is 71.5 Å². The Morgan fingerprint density at radius 3 is 1.56 bits per heavy atom. The molecule has 0 aromatic heterocycles. The molecule has 0 radical (unpaired) electrons. The van der Waals surface area contributed by atoms with Gasteiger partial charge in [-0.2, -0.15) is 0 Å². The molecule has 218 valence electrons. The predicted octanol–water partition coefficient (Wildman–Crippen LogP) is 3.60. The van der Waals surface area contributed by atoms with E-state index in [-0.39, 0.29) is 0 Å². The number of aliphatic hydroxyl groups is 2. The van der Waals surface area contributed by atoms with Gasteiger partial charge in [-0.3, -0.25) is 24.2 Å². The summed E-state index contributed by atoms with van der Waals surface area (Å²) in [6.07, 6.45) is -0.0751. The summed E-state index contributed by atoms with van der Waals surface area (Å²) in [7, 11) is -3.04. The van der Waals surface area contributed by atoms with Crippen LogP contribution in [0.2, 0.25) is 0 Å². The van der Waals surface area contributed by atoms with Gasteiger partial charge in [-0.25, -0.2) is 0 Å². The van der Waals surface area contributed by atoms with Crippen molar-refractivity contribution in [3.63, 3.8) is 0 Å². The molecule has 1 unspecified atom stereocenters. The van der Waals surface area contributed by atoms with Crippen molar-refractivity contribution in [3.8, 4) is 0 Å². The van der Waals surface area contributed by atoms with Gasteiger partial charge < -0.3 is 14.7 Å². The van der Waals surface area contributed by atoms with Crippen LogP contribution in [-0.2, 0) is 22.2 Å². The Hall–Kier alpha value is -1.61. The lowest BCUT2D eigenvalue weighted by Gasteiger charge is -2.32. The average molecular weight is 561 g/mol. The van der Waals surface area contributed by atoms with Gasteiger partial charge in [0.2, 0.25) is 7.37 Å². The summed E-state index contributed by atoms with van der Waals surface area (Å²) >= 11 is 0. The first-order chi connectivity index (χ1) is 18.7. The van der Waals surface area contributed by atoms with Crippen LogP contribution in [0.15, 0.2) is 60.7 Å². The maximum Gasteiger partial charge on any atom is 0.230 e. The molecule has 1 heterocycles. The van der Waals surface area contributed by atoms with Crippen LogP contribution < -0.4 is 0 Å². The van der Waals surface area contributed by atoms with Gasteiger partial charge >= 0.3 is 0 Å². The van der Waals surface area contributed by atoms with Gasteiger partial charge in [0.05, 0.1) is 31.4 Å². The van der Waals surface area contributed by atoms with Gasteiger partial charge in [-0.1, -0.05) is 60.7 Å². The topological polar surface area (TPSA) is 79.7 Å². The lowest BCUT2D eigenvalue weighted by molar-refractivity contribution is 0.102. The van der Waals surface area contributed by atoms with Gasteiger partial charge in [0, 0.05) is 65.4 Å². The molecule has 0 aliphatic carbocycles. The van der Waals surface area contributed by atoms with E-state index in [9.17, 15) is 14.8 Å². The molecule has 0 spiro atoms. The molecule has 1 aliphatic heterocycles. The monoisotopic (exact) mass is 560 g/mol. The number of nitrogens with zero attached hydrogens (tertiary/aromatic N) is 4. The fourth-order valence-electron chi connectivity index (χ4n) is 5.25. The van der Waals surface area contributed by atoms with Crippen LogP contribution in [0, 0.1) is 0 Å². The minimum absolute atomic E-state index is 0.371. The third kappa shape index (κ3) is 12.2. The zero-order valence-corrected chi connectivity index (χ0v) is 25.0. The van der Waals surface area contributed by atoms with Gasteiger partial charge in [-0.15, -0.1) is 0 Å². The first-order valence-electron chi connectivity index (χ1n) is 14.3. The summed E-state index contributed by atoms with van der Waals surface area (Å²) < 4.78 is 20.6. The molecule has 2 aromatic rings. The van der Waals surface area contributed by atoms with Crippen molar-refractivity contribution in [1.82, 2.24) is 19.6 Å². The third-order valence-electron chi connectivity index (χ3n) is 6.94. The van der Waals surface area contributed by atoms with E-state index >= 15 is 0 Å². The van der Waals surface area contributed by atoms with Crippen LogP contribution in [0.4, 0.5) is 0 Å². The largest absolute Gasteiger partial charge is 0.392 e. The molecule has 0 saturated carbocycles. The second kappa shape index (κ2) is 16.6. The van der Waals surface area contributed by atoms with Gasteiger partial charge in [-0.05, 0) is 31.9 Å². The van der Waals surface area contributed by atoms with Gasteiger partial charge in [0.1, 0.15) is 0 Å². The Labute approximate surface area is 235 Å². The molecule has 2 N–H and O–H groups in total. The Morgan fingerprint density at radius 1 is 0.769 bits per heavy atom. The smallest absolute Gasteiger partial charge is 0.230 e. The second-order valence-corrected chi connectivity index (χ2v) is 13.3. The van der Waals surface area contributed by atoms with Crippen molar-refractivity contribution in [3.05, 3.63) is 71.8 Å². The molecule has 9 heteroatoms. The van der Waals surface area contributed by atoms with Crippen molar-refractivity contribution < 1.29 is 19.3 Å². The fourth-order valence-corrected chi connectivity index (χ4v) is 7.67. The zero-order chi connectivity index (χ0) is 28.1. The highest BCUT2D eigenvalue weighted by Crippen LogP contribution is 2.48. The summed E-state index contributed by atoms with van der Waals surface area (Å²) in [4.78, 5) is 9.04. The van der Waals surface area contributed by atoms with Crippen LogP contribution in [0.25, 0.3) is 0 Å². The van der Waals surface area contributed by atoms with E-state index in [2.05, 4.69) is 43.9 Å². The Kier molecular flexibility index (Phi) is 13.6. The van der Waals surface area contributed by atoms with E-state index in [0.717, 1.165) is 39.3 Å². The molecule has 8 nitrogen and oxygen atoms in total. The molecule has 1 fully saturated rings. The van der Waals surface area contributed by atoms with E-state index < -0.39 is 19.6 Å². The summed E-state index contributed by atoms with van der Waals surface area (Å²) in [5.41, 5.74) is 2.36. The highest BCUT2D eigenvalue weighted by molar-refractivity contribution is 7.58. The SMILES string of the molecule is CCOP(=O)(CN1CCN(C[C@H](C)O)CCN(C[C@H](C)O)CC1)CN(Cc1ccccc1)Cc1ccccc1. The van der Waals surface area contributed by atoms with Crippen LogP contribution in [0.1, 0.15) is 31.9 Å². The first-order valence-corrected chi connectivity index (χ1v) is 16.3. The quantitative estimate of drug-likeness (QED) is 0.340. The lowest BCUT2D eigenvalue weighted by Crippen LogP contribution is -2.41. The van der Waals surface area contributed by atoms with Gasteiger partial charge in [0.15, 0.2) is 0 Å². The standard InChI is InChI=1S/C30H49N4O4P/c1-4-38-39(37,26-34(23-29-11-7-5-8-12-29)24-30-13-9-6-10-14-30)25-33-19-17-31(21-27(2)35)15-16-32(18-20-33)22-28(3)36/h5-14,27-28,35-36H,4,15-26H2,1-3H3/t27-,28-,39?/m0/s1. The molecular weight excluding hydrogens is 511 g/mol. The number of rotatable bonds is 14. The fraction of sp³-hybridized carbons (Fsp3) is 0.600. The van der Waals surface area contributed by atoms with Gasteiger partial charge in [0.25, 0.3) is 0 Å². The van der Waals surface area contributed by atoms with Crippen molar-refractivity contribution in [2.24, 2.45) is 0 Å². The zero-order valence-electron chi connectivity index (χ0n) is 24.1. The van der Waals surface area contributed by atoms with Crippen LogP contribution in [-0.4, -0.2) is 114 Å². The van der Waals surface area contributed by atoms with E-state index in [1.807, 2.05) is 57.2 Å². The van der Waals surface area contributed by atoms with Crippen molar-refractivity contribution in [2.45, 2.75) is 46.1 Å². The maximum absolute atomic E-state index is 14.5. The summed E-state index contributed by atoms with van der Waals surface area (Å²) in [6.45, 7) is 13.3. The molecule has 3 atom stereocenters. The van der Waals surface area contributed by atoms with Crippen LogP contribution in [0.5, 0.6) is 0 Å². The summed E-state index contributed by atoms with van der Waals surface area (Å²) in [5.74, 6) is 0. The summed E-state index contributed by atoms with van der Waals surface area (Å²) in [5, 5.41) is 20.1. The van der Waals surface area contributed by atoms with E-state index in [0.29, 0.717) is 45.4 Å². The van der Waals surface area contributed by atoms with Crippen molar-refractivity contribution >= 4 is 7.37 Å². The maximum atomic E-state index is 14.5. The van der Waals surface area contributed by atoms with E-state index in [1.54, 1.807) is 0 Å². The number of hydrogen-bond acceptors (Lipinski definition) is 8. The summed E-state index contributed by atoms with van der Waals surface area (Å²) in [6, 6.07) is 20.6. The second-order valence-electron chi connectivity index (χ2n) is 10.9. The normalized spacial score (nSPS) is 19.6. The van der Waals surface area contributed by atoms with E-state index in [4.69, 9.17) is 4.52 Å².